The van der Waals surface area contributed by atoms with Gasteiger partial charge in [0.1, 0.15) is 12.7 Å². The second-order valence-electron chi connectivity index (χ2n) is 8.73. The molecule has 35 heavy (non-hydrogen) atoms. The van der Waals surface area contributed by atoms with E-state index in [4.69, 9.17) is 14.2 Å². The molecule has 0 bridgehead atoms. The van der Waals surface area contributed by atoms with Crippen molar-refractivity contribution in [1.29, 1.82) is 0 Å². The molecule has 11 heteroatoms. The van der Waals surface area contributed by atoms with E-state index in [1.165, 1.54) is 11.3 Å². The fraction of sp³-hybridized carbons (Fsp3) is 0.583. The molecule has 0 N–H and O–H groups in total. The Labute approximate surface area is 210 Å². The summed E-state index contributed by atoms with van der Waals surface area (Å²) in [5.74, 6) is 0.198. The van der Waals surface area contributed by atoms with Crippen LogP contribution < -0.4 is 4.74 Å². The number of sulfonamides is 1. The Kier molecular flexibility index (Phi) is 8.64. The molecule has 0 aliphatic carbocycles. The number of aromatic nitrogens is 1. The van der Waals surface area contributed by atoms with Crippen LogP contribution >= 0.6 is 11.3 Å². The molecule has 2 aliphatic heterocycles. The van der Waals surface area contributed by atoms with Gasteiger partial charge in [0.25, 0.3) is 5.19 Å². The third-order valence-corrected chi connectivity index (χ3v) is 9.20. The predicted octanol–water partition coefficient (Wildman–Crippen LogP) is 3.75. The summed E-state index contributed by atoms with van der Waals surface area (Å²) < 4.78 is 43.5. The molecule has 1 aromatic carbocycles. The van der Waals surface area contributed by atoms with E-state index in [0.29, 0.717) is 50.8 Å². The lowest BCUT2D eigenvalue weighted by Gasteiger charge is -2.30. The number of carbonyl (C=O) groups is 1. The van der Waals surface area contributed by atoms with E-state index < -0.39 is 10.0 Å². The number of likely N-dealkylation sites (tertiary alicyclic amines) is 1. The fourth-order valence-electron chi connectivity index (χ4n) is 4.31. The normalized spacial score (nSPS) is 18.0. The van der Waals surface area contributed by atoms with Gasteiger partial charge in [-0.05, 0) is 36.1 Å². The maximum Gasteiger partial charge on any atom is 0.409 e. The SMILES string of the molecule is CCCS(=O)(=O)N1CC=C(c2ccc3nc(OC4CCN(C(=O)OCCOC)CC4)sc3c2)CC1. The molecule has 4 rings (SSSR count). The van der Waals surface area contributed by atoms with Crippen molar-refractivity contribution in [2.24, 2.45) is 0 Å². The van der Waals surface area contributed by atoms with Crippen molar-refractivity contribution in [1.82, 2.24) is 14.2 Å². The van der Waals surface area contributed by atoms with E-state index in [2.05, 4.69) is 11.1 Å². The summed E-state index contributed by atoms with van der Waals surface area (Å²) in [7, 11) is -1.60. The topological polar surface area (TPSA) is 98.3 Å². The van der Waals surface area contributed by atoms with Gasteiger partial charge < -0.3 is 19.1 Å². The third-order valence-electron chi connectivity index (χ3n) is 6.25. The largest absolute Gasteiger partial charge is 0.467 e. The molecule has 1 saturated heterocycles. The standard InChI is InChI=1S/C24H33N3O6S2/c1-3-16-35(29,30)27-12-6-18(7-13-27)19-4-5-21-22(17-19)34-23(25-21)33-20-8-10-26(11-9-20)24(28)32-15-14-31-2/h4-6,17,20H,3,7-16H2,1-2H3. The smallest absolute Gasteiger partial charge is 0.409 e. The number of fused-ring (bicyclic) bond motifs is 1. The zero-order chi connectivity index (χ0) is 24.8. The van der Waals surface area contributed by atoms with Crippen LogP contribution in [0.3, 0.4) is 0 Å². The number of ether oxygens (including phenoxy) is 3. The molecule has 0 spiro atoms. The Morgan fingerprint density at radius 2 is 2.00 bits per heavy atom. The summed E-state index contributed by atoms with van der Waals surface area (Å²) in [4.78, 5) is 18.4. The molecular formula is C24H33N3O6S2. The van der Waals surface area contributed by atoms with Crippen LogP contribution in [0.5, 0.6) is 5.19 Å². The Bertz CT molecular complexity index is 1160. The van der Waals surface area contributed by atoms with E-state index in [1.807, 2.05) is 25.1 Å². The summed E-state index contributed by atoms with van der Waals surface area (Å²) in [5.41, 5.74) is 3.15. The molecule has 2 aromatic rings. The van der Waals surface area contributed by atoms with Crippen molar-refractivity contribution < 1.29 is 27.4 Å². The molecule has 0 radical (unpaired) electrons. The van der Waals surface area contributed by atoms with Crippen LogP contribution in [0.15, 0.2) is 24.3 Å². The second kappa shape index (κ2) is 11.7. The van der Waals surface area contributed by atoms with Crippen LogP contribution in [-0.2, 0) is 19.5 Å². The van der Waals surface area contributed by atoms with Gasteiger partial charge in [0.15, 0.2) is 0 Å². The van der Waals surface area contributed by atoms with E-state index >= 15 is 0 Å². The van der Waals surface area contributed by atoms with Crippen molar-refractivity contribution in [2.45, 2.75) is 38.7 Å². The second-order valence-corrected chi connectivity index (χ2v) is 11.8. The number of methoxy groups -OCH3 is 1. The molecule has 1 fully saturated rings. The average Bonchev–Trinajstić information content (AvgIpc) is 3.26. The number of carbonyl (C=O) groups excluding carboxylic acids is 1. The quantitative estimate of drug-likeness (QED) is 0.462. The maximum atomic E-state index is 12.3. The van der Waals surface area contributed by atoms with Crippen molar-refractivity contribution in [3.63, 3.8) is 0 Å². The van der Waals surface area contributed by atoms with Gasteiger partial charge in [-0.15, -0.1) is 0 Å². The molecule has 2 aliphatic rings. The van der Waals surface area contributed by atoms with E-state index in [1.54, 1.807) is 16.3 Å². The van der Waals surface area contributed by atoms with Gasteiger partial charge in [0, 0.05) is 46.1 Å². The van der Waals surface area contributed by atoms with E-state index in [-0.39, 0.29) is 24.6 Å². The van der Waals surface area contributed by atoms with Crippen molar-refractivity contribution >= 4 is 43.2 Å². The average molecular weight is 524 g/mol. The highest BCUT2D eigenvalue weighted by molar-refractivity contribution is 7.89. The molecule has 9 nitrogen and oxygen atoms in total. The van der Waals surface area contributed by atoms with Crippen molar-refractivity contribution in [2.75, 3.05) is 52.3 Å². The number of piperidine rings is 1. The minimum atomic E-state index is -3.17. The van der Waals surface area contributed by atoms with Gasteiger partial charge in [-0.1, -0.05) is 30.4 Å². The van der Waals surface area contributed by atoms with Gasteiger partial charge in [-0.2, -0.15) is 4.31 Å². The lowest BCUT2D eigenvalue weighted by Crippen LogP contribution is -2.42. The van der Waals surface area contributed by atoms with Gasteiger partial charge in [-0.25, -0.2) is 18.2 Å². The minimum Gasteiger partial charge on any atom is -0.467 e. The van der Waals surface area contributed by atoms with Crippen LogP contribution in [0, 0.1) is 0 Å². The Hall–Kier alpha value is -2.21. The first-order chi connectivity index (χ1) is 16.9. The number of benzene rings is 1. The fourth-order valence-corrected chi connectivity index (χ4v) is 6.67. The summed E-state index contributed by atoms with van der Waals surface area (Å²) in [6.07, 6.45) is 4.50. The number of amides is 1. The van der Waals surface area contributed by atoms with Gasteiger partial charge in [-0.3, -0.25) is 0 Å². The zero-order valence-electron chi connectivity index (χ0n) is 20.3. The van der Waals surface area contributed by atoms with Crippen LogP contribution in [0.25, 0.3) is 15.8 Å². The van der Waals surface area contributed by atoms with Gasteiger partial charge >= 0.3 is 6.09 Å². The lowest BCUT2D eigenvalue weighted by atomic mass is 10.0. The summed E-state index contributed by atoms with van der Waals surface area (Å²) in [5, 5.41) is 0.632. The van der Waals surface area contributed by atoms with Crippen molar-refractivity contribution in [3.8, 4) is 5.19 Å². The molecule has 0 saturated carbocycles. The zero-order valence-corrected chi connectivity index (χ0v) is 21.9. The first-order valence-electron chi connectivity index (χ1n) is 12.0. The number of hydrogen-bond donors (Lipinski definition) is 0. The van der Waals surface area contributed by atoms with Crippen LogP contribution in [0.4, 0.5) is 4.79 Å². The summed E-state index contributed by atoms with van der Waals surface area (Å²) in [6, 6.07) is 6.15. The highest BCUT2D eigenvalue weighted by Crippen LogP contribution is 2.33. The highest BCUT2D eigenvalue weighted by Gasteiger charge is 2.26. The number of hydrogen-bond acceptors (Lipinski definition) is 8. The van der Waals surface area contributed by atoms with Gasteiger partial charge in [0.05, 0.1) is 22.6 Å². The molecule has 0 atom stereocenters. The first kappa shape index (κ1) is 25.9. The highest BCUT2D eigenvalue weighted by atomic mass is 32.2. The Morgan fingerprint density at radius 1 is 1.20 bits per heavy atom. The number of nitrogens with zero attached hydrogens (tertiary/aromatic N) is 3. The molecule has 1 amide bonds. The number of thiazole rings is 1. The molecule has 1 aromatic heterocycles. The van der Waals surface area contributed by atoms with Gasteiger partial charge in [0.2, 0.25) is 10.0 Å². The van der Waals surface area contributed by atoms with Crippen LogP contribution in [-0.4, -0.2) is 87.1 Å². The monoisotopic (exact) mass is 523 g/mol. The molecule has 0 unspecified atom stereocenters. The van der Waals surface area contributed by atoms with E-state index in [9.17, 15) is 13.2 Å². The van der Waals surface area contributed by atoms with E-state index in [0.717, 1.165) is 34.2 Å². The van der Waals surface area contributed by atoms with Crippen molar-refractivity contribution in [3.05, 3.63) is 29.8 Å². The molecule has 3 heterocycles. The Morgan fingerprint density at radius 3 is 2.69 bits per heavy atom. The first-order valence-corrected chi connectivity index (χ1v) is 14.5. The molecule has 192 valence electrons. The Balaban J connectivity index is 1.34. The van der Waals surface area contributed by atoms with Crippen LogP contribution in [0.2, 0.25) is 0 Å². The summed E-state index contributed by atoms with van der Waals surface area (Å²) in [6.45, 7) is 4.64. The lowest BCUT2D eigenvalue weighted by molar-refractivity contribution is 0.0514. The molecular weight excluding hydrogens is 490 g/mol. The summed E-state index contributed by atoms with van der Waals surface area (Å²) >= 11 is 1.52. The maximum absolute atomic E-state index is 12.3. The number of rotatable bonds is 9. The third kappa shape index (κ3) is 6.52. The predicted molar refractivity (Wildman–Crippen MR) is 136 cm³/mol. The minimum absolute atomic E-state index is 0.00941. The van der Waals surface area contributed by atoms with Crippen LogP contribution in [0.1, 0.15) is 38.2 Å².